The molecule has 0 unspecified atom stereocenters. The molecule has 0 saturated carbocycles. The highest BCUT2D eigenvalue weighted by molar-refractivity contribution is 5.53. The summed E-state index contributed by atoms with van der Waals surface area (Å²) in [6, 6.07) is 4.30. The number of benzene rings is 1. The topological polar surface area (TPSA) is 24.7 Å². The molecule has 0 aliphatic carbocycles. The minimum Gasteiger partial charge on any atom is -0.188 e. The van der Waals surface area contributed by atoms with Crippen LogP contribution in [0, 0.1) is 26.7 Å². The number of nitrogens with zero attached hydrogens (tertiary/aromatic N) is 2. The summed E-state index contributed by atoms with van der Waals surface area (Å²) in [6.07, 6.45) is 0. The van der Waals surface area contributed by atoms with E-state index >= 15 is 0 Å². The van der Waals surface area contributed by atoms with Crippen molar-refractivity contribution in [3.63, 3.8) is 0 Å². The third-order valence-corrected chi connectivity index (χ3v) is 2.25. The summed E-state index contributed by atoms with van der Waals surface area (Å²) in [4.78, 5) is 0. The van der Waals surface area contributed by atoms with E-state index in [1.165, 1.54) is 16.7 Å². The maximum Gasteiger partial charge on any atom is 0.0910 e. The van der Waals surface area contributed by atoms with Gasteiger partial charge in [-0.05, 0) is 37.8 Å². The Balaban J connectivity index is 2.90. The van der Waals surface area contributed by atoms with Gasteiger partial charge in [-0.15, -0.1) is 0 Å². The van der Waals surface area contributed by atoms with Crippen molar-refractivity contribution in [2.24, 2.45) is 16.1 Å². The van der Waals surface area contributed by atoms with Gasteiger partial charge in [-0.1, -0.05) is 31.5 Å². The van der Waals surface area contributed by atoms with E-state index in [0.717, 1.165) is 12.2 Å². The highest BCUT2D eigenvalue weighted by atomic mass is 15.1. The van der Waals surface area contributed by atoms with Crippen LogP contribution in [0.15, 0.2) is 22.4 Å². The van der Waals surface area contributed by atoms with Crippen molar-refractivity contribution < 1.29 is 0 Å². The molecule has 2 heteroatoms. The summed E-state index contributed by atoms with van der Waals surface area (Å²) in [5.41, 5.74) is 4.73. The Bertz CT molecular complexity index is 342. The molecule has 0 heterocycles. The largest absolute Gasteiger partial charge is 0.188 e. The molecule has 0 atom stereocenters. The number of rotatable bonds is 3. The summed E-state index contributed by atoms with van der Waals surface area (Å²) < 4.78 is 0. The predicted molar refractivity (Wildman–Crippen MR) is 64.9 cm³/mol. The van der Waals surface area contributed by atoms with Gasteiger partial charge in [0.05, 0.1) is 12.2 Å². The van der Waals surface area contributed by atoms with Gasteiger partial charge >= 0.3 is 0 Å². The van der Waals surface area contributed by atoms with E-state index in [9.17, 15) is 0 Å². The third kappa shape index (κ3) is 3.46. The lowest BCUT2D eigenvalue weighted by Gasteiger charge is -2.05. The van der Waals surface area contributed by atoms with Crippen LogP contribution < -0.4 is 0 Å². The lowest BCUT2D eigenvalue weighted by atomic mass is 10.1. The maximum atomic E-state index is 4.31. The smallest absolute Gasteiger partial charge is 0.0910 e. The van der Waals surface area contributed by atoms with E-state index in [-0.39, 0.29) is 0 Å². The molecule has 15 heavy (non-hydrogen) atoms. The second-order valence-electron chi connectivity index (χ2n) is 4.57. The van der Waals surface area contributed by atoms with E-state index in [4.69, 9.17) is 0 Å². The van der Waals surface area contributed by atoms with Gasteiger partial charge in [-0.3, -0.25) is 0 Å². The Morgan fingerprint density at radius 3 is 2.07 bits per heavy atom. The molecule has 1 rings (SSSR count). The molecule has 0 spiro atoms. The zero-order valence-electron chi connectivity index (χ0n) is 10.3. The van der Waals surface area contributed by atoms with Crippen LogP contribution >= 0.6 is 0 Å². The van der Waals surface area contributed by atoms with Crippen molar-refractivity contribution in [3.05, 3.63) is 28.8 Å². The first-order valence-electron chi connectivity index (χ1n) is 5.46. The summed E-state index contributed by atoms with van der Waals surface area (Å²) >= 11 is 0. The molecule has 0 amide bonds. The third-order valence-electron chi connectivity index (χ3n) is 2.25. The van der Waals surface area contributed by atoms with Gasteiger partial charge in [0.2, 0.25) is 0 Å². The first-order valence-corrected chi connectivity index (χ1v) is 5.46. The van der Waals surface area contributed by atoms with Crippen molar-refractivity contribution in [1.29, 1.82) is 0 Å². The van der Waals surface area contributed by atoms with E-state index in [2.05, 4.69) is 57.0 Å². The van der Waals surface area contributed by atoms with E-state index in [0.29, 0.717) is 5.92 Å². The van der Waals surface area contributed by atoms with E-state index in [1.54, 1.807) is 0 Å². The Morgan fingerprint density at radius 2 is 1.60 bits per heavy atom. The fourth-order valence-electron chi connectivity index (χ4n) is 1.60. The minimum atomic E-state index is 0.569. The van der Waals surface area contributed by atoms with Crippen molar-refractivity contribution in [2.45, 2.75) is 34.6 Å². The molecule has 0 aromatic heterocycles. The molecular weight excluding hydrogens is 184 g/mol. The molecule has 1 aromatic carbocycles. The molecular formula is C13H20N2. The Kier molecular flexibility index (Phi) is 4.01. The highest BCUT2D eigenvalue weighted by Gasteiger charge is 2.02. The lowest BCUT2D eigenvalue weighted by Crippen LogP contribution is -1.90. The first-order chi connectivity index (χ1) is 7.00. The summed E-state index contributed by atoms with van der Waals surface area (Å²) in [5, 5.41) is 8.53. The summed E-state index contributed by atoms with van der Waals surface area (Å²) in [6.45, 7) is 11.4. The van der Waals surface area contributed by atoms with Crippen molar-refractivity contribution in [2.75, 3.05) is 6.54 Å². The molecule has 2 nitrogen and oxygen atoms in total. The molecule has 1 aromatic rings. The minimum absolute atomic E-state index is 0.569. The highest BCUT2D eigenvalue weighted by Crippen LogP contribution is 2.25. The fourth-order valence-corrected chi connectivity index (χ4v) is 1.60. The van der Waals surface area contributed by atoms with Gasteiger partial charge in [0.25, 0.3) is 0 Å². The molecule has 82 valence electrons. The molecule has 0 radical (unpaired) electrons. The summed E-state index contributed by atoms with van der Waals surface area (Å²) in [7, 11) is 0. The zero-order valence-corrected chi connectivity index (χ0v) is 10.3. The van der Waals surface area contributed by atoms with Gasteiger partial charge in [-0.25, -0.2) is 0 Å². The van der Waals surface area contributed by atoms with Crippen molar-refractivity contribution in [1.82, 2.24) is 0 Å². The van der Waals surface area contributed by atoms with Crippen LogP contribution in [-0.2, 0) is 0 Å². The van der Waals surface area contributed by atoms with Crippen LogP contribution in [0.1, 0.15) is 30.5 Å². The zero-order chi connectivity index (χ0) is 11.4. The molecule has 0 bridgehead atoms. The fraction of sp³-hybridized carbons (Fsp3) is 0.538. The van der Waals surface area contributed by atoms with Crippen LogP contribution in [0.4, 0.5) is 5.69 Å². The Morgan fingerprint density at radius 1 is 1.07 bits per heavy atom. The van der Waals surface area contributed by atoms with Crippen LogP contribution in [0.5, 0.6) is 0 Å². The molecule has 0 fully saturated rings. The van der Waals surface area contributed by atoms with Crippen LogP contribution in [0.25, 0.3) is 0 Å². The molecule has 0 N–H and O–H groups in total. The molecule has 0 saturated heterocycles. The van der Waals surface area contributed by atoms with Gasteiger partial charge in [0, 0.05) is 0 Å². The quantitative estimate of drug-likeness (QED) is 0.654. The Hall–Kier alpha value is -1.18. The SMILES string of the molecule is Cc1cc(C)c(N=NCC(C)C)c(C)c1. The standard InChI is InChI=1S/C13H20N2/c1-9(2)8-14-15-13-11(4)6-10(3)7-12(13)5/h6-7,9H,8H2,1-5H3. The second-order valence-corrected chi connectivity index (χ2v) is 4.57. The Labute approximate surface area is 92.4 Å². The lowest BCUT2D eigenvalue weighted by molar-refractivity contribution is 0.647. The monoisotopic (exact) mass is 204 g/mol. The van der Waals surface area contributed by atoms with E-state index < -0.39 is 0 Å². The van der Waals surface area contributed by atoms with Gasteiger partial charge in [0.1, 0.15) is 0 Å². The average Bonchev–Trinajstić information content (AvgIpc) is 2.08. The number of hydrogen-bond acceptors (Lipinski definition) is 2. The van der Waals surface area contributed by atoms with Crippen LogP contribution in [0.2, 0.25) is 0 Å². The van der Waals surface area contributed by atoms with E-state index in [1.807, 2.05) is 0 Å². The number of hydrogen-bond donors (Lipinski definition) is 0. The number of aryl methyl sites for hydroxylation is 3. The predicted octanol–water partition coefficient (Wildman–Crippen LogP) is 4.35. The van der Waals surface area contributed by atoms with Crippen LogP contribution in [-0.4, -0.2) is 6.54 Å². The average molecular weight is 204 g/mol. The van der Waals surface area contributed by atoms with Crippen LogP contribution in [0.3, 0.4) is 0 Å². The van der Waals surface area contributed by atoms with Crippen molar-refractivity contribution >= 4 is 5.69 Å². The van der Waals surface area contributed by atoms with Gasteiger partial charge < -0.3 is 0 Å². The maximum absolute atomic E-state index is 4.31. The summed E-state index contributed by atoms with van der Waals surface area (Å²) in [5.74, 6) is 0.569. The second kappa shape index (κ2) is 5.06. The number of azo groups is 1. The van der Waals surface area contributed by atoms with Gasteiger partial charge in [0.15, 0.2) is 0 Å². The molecule has 0 aliphatic heterocycles. The van der Waals surface area contributed by atoms with Crippen molar-refractivity contribution in [3.8, 4) is 0 Å². The molecule has 0 aliphatic rings. The first kappa shape index (κ1) is 11.9. The van der Waals surface area contributed by atoms with Gasteiger partial charge in [-0.2, -0.15) is 10.2 Å². The normalized spacial score (nSPS) is 11.6.